The van der Waals surface area contributed by atoms with Crippen LogP contribution in [-0.2, 0) is 14.3 Å². The third kappa shape index (κ3) is 6.55. The van der Waals surface area contributed by atoms with Crippen molar-refractivity contribution in [3.8, 4) is 5.75 Å². The Morgan fingerprint density at radius 2 is 1.75 bits per heavy atom. The summed E-state index contributed by atoms with van der Waals surface area (Å²) in [6, 6.07) is 5.79. The number of hydrogen-bond acceptors (Lipinski definition) is 5. The van der Waals surface area contributed by atoms with Crippen LogP contribution in [0, 0.1) is 11.7 Å². The van der Waals surface area contributed by atoms with Crippen molar-refractivity contribution in [3.05, 3.63) is 41.9 Å². The highest BCUT2D eigenvalue weighted by molar-refractivity contribution is 5.93. The maximum absolute atomic E-state index is 13.3. The summed E-state index contributed by atoms with van der Waals surface area (Å²) in [7, 11) is 0. The summed E-state index contributed by atoms with van der Waals surface area (Å²) < 4.78 is 29.7. The zero-order valence-electron chi connectivity index (χ0n) is 17.2. The van der Waals surface area contributed by atoms with Crippen molar-refractivity contribution in [1.82, 2.24) is 4.90 Å². The third-order valence-electron chi connectivity index (χ3n) is 3.58. The molecule has 0 radical (unpaired) electrons. The van der Waals surface area contributed by atoms with Crippen molar-refractivity contribution in [1.29, 1.82) is 0 Å². The Morgan fingerprint density at radius 1 is 1.11 bits per heavy atom. The lowest BCUT2D eigenvalue weighted by atomic mass is 10.1. The summed E-state index contributed by atoms with van der Waals surface area (Å²) in [4.78, 5) is 26.4. The van der Waals surface area contributed by atoms with Crippen LogP contribution in [0.25, 0.3) is 0 Å². The van der Waals surface area contributed by atoms with Gasteiger partial charge in [0, 0.05) is 18.5 Å². The molecule has 1 amide bonds. The first kappa shape index (κ1) is 21.7. The minimum Gasteiger partial charge on any atom is -0.493 e. The van der Waals surface area contributed by atoms with Crippen LogP contribution in [0.3, 0.4) is 0 Å². The van der Waals surface area contributed by atoms with E-state index in [1.165, 1.54) is 17.0 Å². The molecule has 1 aliphatic heterocycles. The van der Waals surface area contributed by atoms with Crippen LogP contribution >= 0.6 is 0 Å². The summed E-state index contributed by atoms with van der Waals surface area (Å²) in [6.45, 7) is 10.9. The van der Waals surface area contributed by atoms with Crippen molar-refractivity contribution in [2.45, 2.75) is 52.7 Å². The number of carbonyl (C=O) groups excluding carboxylic acids is 2. The molecule has 0 aliphatic carbocycles. The second-order valence-corrected chi connectivity index (χ2v) is 8.67. The monoisotopic (exact) mass is 393 g/mol. The van der Waals surface area contributed by atoms with Crippen LogP contribution in [0.1, 0.15) is 41.5 Å². The van der Waals surface area contributed by atoms with Gasteiger partial charge in [-0.15, -0.1) is 0 Å². The van der Waals surface area contributed by atoms with E-state index in [4.69, 9.17) is 14.2 Å². The number of benzene rings is 1. The molecular weight excluding hydrogens is 365 g/mol. The zero-order chi connectivity index (χ0) is 21.1. The van der Waals surface area contributed by atoms with Gasteiger partial charge in [-0.1, -0.05) is 6.07 Å². The molecule has 1 aromatic carbocycles. The molecule has 0 saturated carbocycles. The van der Waals surface area contributed by atoms with Gasteiger partial charge < -0.3 is 14.2 Å². The van der Waals surface area contributed by atoms with E-state index in [-0.39, 0.29) is 24.8 Å². The van der Waals surface area contributed by atoms with E-state index >= 15 is 0 Å². The third-order valence-corrected chi connectivity index (χ3v) is 3.58. The minimum atomic E-state index is -0.702. The lowest BCUT2D eigenvalue weighted by Crippen LogP contribution is -2.39. The van der Waals surface area contributed by atoms with Crippen LogP contribution in [-0.4, -0.2) is 41.3 Å². The number of halogens is 1. The van der Waals surface area contributed by atoms with Gasteiger partial charge in [0.05, 0.1) is 6.61 Å². The molecule has 1 aliphatic rings. The summed E-state index contributed by atoms with van der Waals surface area (Å²) >= 11 is 0. The van der Waals surface area contributed by atoms with Crippen molar-refractivity contribution >= 4 is 12.1 Å². The molecule has 0 saturated heterocycles. The van der Waals surface area contributed by atoms with E-state index in [0.29, 0.717) is 5.75 Å². The largest absolute Gasteiger partial charge is 0.493 e. The standard InChI is InChI=1S/C21H28FNO5/c1-20(2,3)27-18(24)17-10-14(12-23(17)19(25)28-21(4,5)6)13-26-16-9-7-8-15(22)11-16/h7-11,14H,12-13H2,1-6H3. The van der Waals surface area contributed by atoms with Gasteiger partial charge in [0.2, 0.25) is 0 Å². The predicted molar refractivity (Wildman–Crippen MR) is 102 cm³/mol. The van der Waals surface area contributed by atoms with E-state index in [1.807, 2.05) is 0 Å². The SMILES string of the molecule is CC(C)(C)OC(=O)C1=CC(COc2cccc(F)c2)CN1C(=O)OC(C)(C)C. The maximum Gasteiger partial charge on any atom is 0.415 e. The highest BCUT2D eigenvalue weighted by Gasteiger charge is 2.37. The van der Waals surface area contributed by atoms with E-state index in [9.17, 15) is 14.0 Å². The molecule has 0 bridgehead atoms. The Labute approximate surface area is 165 Å². The molecule has 1 aromatic rings. The van der Waals surface area contributed by atoms with Crippen LogP contribution in [0.15, 0.2) is 36.0 Å². The lowest BCUT2D eigenvalue weighted by Gasteiger charge is -2.27. The Balaban J connectivity index is 2.14. The lowest BCUT2D eigenvalue weighted by molar-refractivity contribution is -0.151. The second-order valence-electron chi connectivity index (χ2n) is 8.67. The van der Waals surface area contributed by atoms with Gasteiger partial charge >= 0.3 is 12.1 Å². The van der Waals surface area contributed by atoms with Gasteiger partial charge in [-0.05, 0) is 59.8 Å². The first-order chi connectivity index (χ1) is 12.8. The molecular formula is C21H28FNO5. The number of nitrogens with zero attached hydrogens (tertiary/aromatic N) is 1. The van der Waals surface area contributed by atoms with Gasteiger partial charge in [-0.25, -0.2) is 14.0 Å². The smallest absolute Gasteiger partial charge is 0.415 e. The predicted octanol–water partition coefficient (Wildman–Crippen LogP) is 4.30. The minimum absolute atomic E-state index is 0.122. The highest BCUT2D eigenvalue weighted by atomic mass is 19.1. The van der Waals surface area contributed by atoms with Crippen molar-refractivity contribution in [2.24, 2.45) is 5.92 Å². The van der Waals surface area contributed by atoms with Crippen LogP contribution in [0.4, 0.5) is 9.18 Å². The fourth-order valence-corrected chi connectivity index (χ4v) is 2.56. The average Bonchev–Trinajstić information content (AvgIpc) is 2.94. The number of esters is 1. The van der Waals surface area contributed by atoms with Gasteiger partial charge in [-0.3, -0.25) is 4.90 Å². The Bertz CT molecular complexity index is 761. The van der Waals surface area contributed by atoms with E-state index < -0.39 is 29.1 Å². The first-order valence-corrected chi connectivity index (χ1v) is 9.18. The summed E-state index contributed by atoms with van der Waals surface area (Å²) in [5, 5.41) is 0. The highest BCUT2D eigenvalue weighted by Crippen LogP contribution is 2.26. The first-order valence-electron chi connectivity index (χ1n) is 9.18. The molecule has 1 heterocycles. The number of amides is 1. The molecule has 0 N–H and O–H groups in total. The maximum atomic E-state index is 13.3. The normalized spacial score (nSPS) is 17.2. The van der Waals surface area contributed by atoms with Crippen LogP contribution < -0.4 is 4.74 Å². The fourth-order valence-electron chi connectivity index (χ4n) is 2.56. The molecule has 0 spiro atoms. The molecule has 28 heavy (non-hydrogen) atoms. The number of hydrogen-bond donors (Lipinski definition) is 0. The Morgan fingerprint density at radius 3 is 2.32 bits per heavy atom. The van der Waals surface area contributed by atoms with Gasteiger partial charge in [0.1, 0.15) is 28.5 Å². The van der Waals surface area contributed by atoms with Gasteiger partial charge in [0.15, 0.2) is 0 Å². The number of carbonyl (C=O) groups is 2. The molecule has 1 unspecified atom stereocenters. The summed E-state index contributed by atoms with van der Waals surface area (Å²) in [5.74, 6) is -0.892. The van der Waals surface area contributed by atoms with Crippen molar-refractivity contribution in [2.75, 3.05) is 13.2 Å². The van der Waals surface area contributed by atoms with Crippen LogP contribution in [0.2, 0.25) is 0 Å². The fraction of sp³-hybridized carbons (Fsp3) is 0.524. The molecule has 0 fully saturated rings. The topological polar surface area (TPSA) is 65.1 Å². The van der Waals surface area contributed by atoms with Crippen molar-refractivity contribution < 1.29 is 28.2 Å². The summed E-state index contributed by atoms with van der Waals surface area (Å²) in [6.07, 6.45) is 1.01. The molecule has 6 nitrogen and oxygen atoms in total. The van der Waals surface area contributed by atoms with Crippen molar-refractivity contribution in [3.63, 3.8) is 0 Å². The molecule has 7 heteroatoms. The molecule has 2 rings (SSSR count). The molecule has 154 valence electrons. The second kappa shape index (κ2) is 8.20. The van der Waals surface area contributed by atoms with E-state index in [0.717, 1.165) is 0 Å². The Hall–Kier alpha value is -2.57. The molecule has 0 aromatic heterocycles. The Kier molecular flexibility index (Phi) is 6.37. The van der Waals surface area contributed by atoms with Gasteiger partial charge in [0.25, 0.3) is 0 Å². The number of ether oxygens (including phenoxy) is 3. The zero-order valence-corrected chi connectivity index (χ0v) is 17.2. The molecule has 1 atom stereocenters. The van der Waals surface area contributed by atoms with Gasteiger partial charge in [-0.2, -0.15) is 0 Å². The van der Waals surface area contributed by atoms with E-state index in [2.05, 4.69) is 0 Å². The summed E-state index contributed by atoms with van der Waals surface area (Å²) in [5.41, 5.74) is -1.28. The quantitative estimate of drug-likeness (QED) is 0.714. The number of rotatable bonds is 4. The van der Waals surface area contributed by atoms with Crippen LogP contribution in [0.5, 0.6) is 5.75 Å². The van der Waals surface area contributed by atoms with E-state index in [1.54, 1.807) is 59.8 Å². The average molecular weight is 393 g/mol.